The van der Waals surface area contributed by atoms with Gasteiger partial charge in [-0.05, 0) is 12.1 Å². The maximum absolute atomic E-state index is 13.4. The third-order valence-corrected chi connectivity index (χ3v) is 2.14. The average Bonchev–Trinajstić information content (AvgIpc) is 2.34. The van der Waals surface area contributed by atoms with Crippen molar-refractivity contribution in [2.75, 3.05) is 17.7 Å². The van der Waals surface area contributed by atoms with Crippen LogP contribution in [0.1, 0.15) is 0 Å². The van der Waals surface area contributed by atoms with Gasteiger partial charge in [-0.25, -0.2) is 18.7 Å². The Hall–Kier alpha value is -2.24. The van der Waals surface area contributed by atoms with E-state index in [-0.39, 0.29) is 5.69 Å². The van der Waals surface area contributed by atoms with Gasteiger partial charge in [0.05, 0.1) is 0 Å². The van der Waals surface area contributed by atoms with E-state index in [1.165, 1.54) is 24.5 Å². The number of hydrogen-bond donors (Lipinski definition) is 2. The molecule has 0 fully saturated rings. The number of nitrogens with one attached hydrogen (secondary N) is 2. The summed E-state index contributed by atoms with van der Waals surface area (Å²) in [5.41, 5.74) is -0.228. The molecule has 2 N–H and O–H groups in total. The van der Waals surface area contributed by atoms with Crippen LogP contribution in [0.2, 0.25) is 0 Å². The summed E-state index contributed by atoms with van der Waals surface area (Å²) < 4.78 is 26.7. The second-order valence-corrected chi connectivity index (χ2v) is 3.26. The predicted octanol–water partition coefficient (Wildman–Crippen LogP) is 2.54. The molecule has 0 aliphatic heterocycles. The largest absolute Gasteiger partial charge is 0.373 e. The van der Waals surface area contributed by atoms with Gasteiger partial charge in [-0.1, -0.05) is 6.07 Å². The van der Waals surface area contributed by atoms with Crippen LogP contribution >= 0.6 is 0 Å². The minimum absolute atomic E-state index is 0.228. The Labute approximate surface area is 96.7 Å². The van der Waals surface area contributed by atoms with Gasteiger partial charge in [-0.15, -0.1) is 0 Å². The molecule has 0 spiro atoms. The minimum Gasteiger partial charge on any atom is -0.373 e. The first kappa shape index (κ1) is 11.3. The van der Waals surface area contributed by atoms with E-state index in [1.807, 2.05) is 0 Å². The Morgan fingerprint density at radius 1 is 1.06 bits per heavy atom. The van der Waals surface area contributed by atoms with E-state index < -0.39 is 11.6 Å². The van der Waals surface area contributed by atoms with Gasteiger partial charge in [0.1, 0.15) is 35.3 Å². The van der Waals surface area contributed by atoms with Gasteiger partial charge in [0.25, 0.3) is 0 Å². The molecule has 1 aromatic carbocycles. The highest BCUT2D eigenvalue weighted by Crippen LogP contribution is 2.22. The van der Waals surface area contributed by atoms with Crippen LogP contribution in [0.4, 0.5) is 26.1 Å². The van der Waals surface area contributed by atoms with Crippen molar-refractivity contribution in [1.82, 2.24) is 9.97 Å². The van der Waals surface area contributed by atoms with Crippen molar-refractivity contribution in [3.63, 3.8) is 0 Å². The summed E-state index contributed by atoms with van der Waals surface area (Å²) in [7, 11) is 1.69. The van der Waals surface area contributed by atoms with E-state index in [2.05, 4.69) is 20.6 Å². The van der Waals surface area contributed by atoms with E-state index in [4.69, 9.17) is 0 Å². The van der Waals surface area contributed by atoms with Crippen LogP contribution in [0.15, 0.2) is 30.6 Å². The summed E-state index contributed by atoms with van der Waals surface area (Å²) in [5, 5.41) is 5.38. The Kier molecular flexibility index (Phi) is 3.13. The van der Waals surface area contributed by atoms with Gasteiger partial charge in [-0.3, -0.25) is 0 Å². The van der Waals surface area contributed by atoms with Crippen LogP contribution in [0, 0.1) is 11.6 Å². The number of hydrogen-bond acceptors (Lipinski definition) is 4. The average molecular weight is 236 g/mol. The highest BCUT2D eigenvalue weighted by Gasteiger charge is 2.09. The van der Waals surface area contributed by atoms with Crippen molar-refractivity contribution in [1.29, 1.82) is 0 Å². The second-order valence-electron chi connectivity index (χ2n) is 3.26. The molecule has 0 bridgehead atoms. The number of halogens is 2. The zero-order valence-corrected chi connectivity index (χ0v) is 9.04. The molecule has 17 heavy (non-hydrogen) atoms. The molecule has 0 saturated carbocycles. The van der Waals surface area contributed by atoms with Crippen molar-refractivity contribution < 1.29 is 8.78 Å². The number of rotatable bonds is 3. The third kappa shape index (κ3) is 2.47. The number of aromatic nitrogens is 2. The quantitative estimate of drug-likeness (QED) is 0.859. The van der Waals surface area contributed by atoms with Crippen molar-refractivity contribution in [2.24, 2.45) is 0 Å². The Morgan fingerprint density at radius 2 is 1.71 bits per heavy atom. The van der Waals surface area contributed by atoms with Gasteiger partial charge in [-0.2, -0.15) is 0 Å². The van der Waals surface area contributed by atoms with Crippen LogP contribution in [0.5, 0.6) is 0 Å². The smallest absolute Gasteiger partial charge is 0.149 e. The van der Waals surface area contributed by atoms with Gasteiger partial charge >= 0.3 is 0 Å². The molecule has 0 radical (unpaired) electrons. The molecular weight excluding hydrogens is 226 g/mol. The monoisotopic (exact) mass is 236 g/mol. The number of benzene rings is 1. The summed E-state index contributed by atoms with van der Waals surface area (Å²) in [6.07, 6.45) is 1.30. The molecule has 6 heteroatoms. The highest BCUT2D eigenvalue weighted by molar-refractivity contribution is 5.59. The molecule has 0 aliphatic carbocycles. The fraction of sp³-hybridized carbons (Fsp3) is 0.0909. The summed E-state index contributed by atoms with van der Waals surface area (Å²) in [6.45, 7) is 0. The van der Waals surface area contributed by atoms with Crippen molar-refractivity contribution in [3.05, 3.63) is 42.2 Å². The molecule has 0 saturated heterocycles. The van der Waals surface area contributed by atoms with E-state index in [9.17, 15) is 8.78 Å². The first-order valence-electron chi connectivity index (χ1n) is 4.91. The predicted molar refractivity (Wildman–Crippen MR) is 61.2 cm³/mol. The van der Waals surface area contributed by atoms with Gasteiger partial charge in [0.15, 0.2) is 0 Å². The fourth-order valence-corrected chi connectivity index (χ4v) is 1.31. The summed E-state index contributed by atoms with van der Waals surface area (Å²) in [6, 6.07) is 5.19. The van der Waals surface area contributed by atoms with E-state index in [1.54, 1.807) is 13.1 Å². The molecular formula is C11H10F2N4. The van der Waals surface area contributed by atoms with Crippen LogP contribution < -0.4 is 10.6 Å². The zero-order chi connectivity index (χ0) is 12.3. The molecule has 1 heterocycles. The molecule has 0 unspecified atom stereocenters. The molecule has 1 aromatic heterocycles. The SMILES string of the molecule is CNc1cc(Nc2c(F)cccc2F)ncn1. The molecule has 0 amide bonds. The fourth-order valence-electron chi connectivity index (χ4n) is 1.31. The molecule has 88 valence electrons. The summed E-state index contributed by atoms with van der Waals surface area (Å²) in [5.74, 6) is -0.475. The van der Waals surface area contributed by atoms with Crippen molar-refractivity contribution in [2.45, 2.75) is 0 Å². The second kappa shape index (κ2) is 4.73. The zero-order valence-electron chi connectivity index (χ0n) is 9.04. The van der Waals surface area contributed by atoms with Gasteiger partial charge in [0, 0.05) is 13.1 Å². The number of anilines is 3. The normalized spacial score (nSPS) is 10.1. The van der Waals surface area contributed by atoms with Crippen LogP contribution in [-0.4, -0.2) is 17.0 Å². The van der Waals surface area contributed by atoms with Gasteiger partial charge in [0.2, 0.25) is 0 Å². The highest BCUT2D eigenvalue weighted by atomic mass is 19.1. The lowest BCUT2D eigenvalue weighted by Gasteiger charge is -2.08. The lowest BCUT2D eigenvalue weighted by molar-refractivity contribution is 0.590. The van der Waals surface area contributed by atoms with E-state index in [0.29, 0.717) is 11.6 Å². The summed E-state index contributed by atoms with van der Waals surface area (Å²) >= 11 is 0. The van der Waals surface area contributed by atoms with Crippen molar-refractivity contribution >= 4 is 17.3 Å². The number of para-hydroxylation sites is 1. The lowest BCUT2D eigenvalue weighted by atomic mass is 10.3. The number of nitrogens with zero attached hydrogens (tertiary/aromatic N) is 2. The standard InChI is InChI=1S/C11H10F2N4/c1-14-9-5-10(16-6-15-9)17-11-7(12)3-2-4-8(11)13/h2-6H,1H3,(H2,14,15,16,17). The maximum atomic E-state index is 13.4. The van der Waals surface area contributed by atoms with Crippen molar-refractivity contribution in [3.8, 4) is 0 Å². The minimum atomic E-state index is -0.672. The molecule has 2 rings (SSSR count). The van der Waals surface area contributed by atoms with E-state index >= 15 is 0 Å². The first-order valence-corrected chi connectivity index (χ1v) is 4.91. The van der Waals surface area contributed by atoms with E-state index in [0.717, 1.165) is 0 Å². The Morgan fingerprint density at radius 3 is 2.35 bits per heavy atom. The van der Waals surface area contributed by atoms with Gasteiger partial charge < -0.3 is 10.6 Å². The third-order valence-electron chi connectivity index (χ3n) is 2.14. The maximum Gasteiger partial charge on any atom is 0.149 e. The summed E-state index contributed by atoms with van der Waals surface area (Å²) in [4.78, 5) is 7.76. The topological polar surface area (TPSA) is 49.8 Å². The molecule has 4 nitrogen and oxygen atoms in total. The van der Waals surface area contributed by atoms with Crippen LogP contribution in [0.3, 0.4) is 0 Å². The lowest BCUT2D eigenvalue weighted by Crippen LogP contribution is -2.01. The molecule has 0 atom stereocenters. The molecule has 2 aromatic rings. The Bertz CT molecular complexity index is 510. The first-order chi connectivity index (χ1) is 8.20. The molecule has 0 aliphatic rings. The Balaban J connectivity index is 2.31. The van der Waals surface area contributed by atoms with Crippen LogP contribution in [-0.2, 0) is 0 Å². The van der Waals surface area contributed by atoms with Crippen LogP contribution in [0.25, 0.3) is 0 Å².